The number of hydrogen-bond acceptors (Lipinski definition) is 2. The summed E-state index contributed by atoms with van der Waals surface area (Å²) in [4.78, 5) is 2.58. The minimum absolute atomic E-state index is 0.504. The maximum Gasteiger partial charge on any atom is 0.0233 e. The fraction of sp³-hybridized carbons (Fsp3) is 0.455. The summed E-state index contributed by atoms with van der Waals surface area (Å²) in [6.07, 6.45) is 2.50. The molecule has 128 valence electrons. The number of piperidine rings is 1. The Morgan fingerprint density at radius 1 is 1.04 bits per heavy atom. The van der Waals surface area contributed by atoms with E-state index in [1.165, 1.54) is 48.2 Å². The maximum absolute atomic E-state index is 6.19. The van der Waals surface area contributed by atoms with Crippen molar-refractivity contribution in [2.75, 3.05) is 19.6 Å². The predicted molar refractivity (Wildman–Crippen MR) is 102 cm³/mol. The predicted octanol–water partition coefficient (Wildman–Crippen LogP) is 4.26. The number of benzene rings is 2. The fourth-order valence-corrected chi connectivity index (χ4v) is 4.17. The van der Waals surface area contributed by atoms with Gasteiger partial charge < -0.3 is 5.73 Å². The topological polar surface area (TPSA) is 29.3 Å². The van der Waals surface area contributed by atoms with E-state index in [2.05, 4.69) is 67.3 Å². The highest BCUT2D eigenvalue weighted by Crippen LogP contribution is 2.34. The Bertz CT molecular complexity index is 642. The molecule has 3 rings (SSSR count). The summed E-state index contributed by atoms with van der Waals surface area (Å²) in [5, 5.41) is 0. The third-order valence-electron chi connectivity index (χ3n) is 5.53. The molecule has 1 saturated heterocycles. The first-order chi connectivity index (χ1) is 11.7. The number of aryl methyl sites for hydroxylation is 2. The summed E-state index contributed by atoms with van der Waals surface area (Å²) in [6, 6.07) is 17.6. The van der Waals surface area contributed by atoms with Crippen molar-refractivity contribution >= 4 is 0 Å². The number of nitrogens with zero attached hydrogens (tertiary/aromatic N) is 1. The van der Waals surface area contributed by atoms with Gasteiger partial charge in [0.15, 0.2) is 0 Å². The molecule has 1 unspecified atom stereocenters. The van der Waals surface area contributed by atoms with Gasteiger partial charge in [0.25, 0.3) is 0 Å². The third-order valence-corrected chi connectivity index (χ3v) is 5.53. The Labute approximate surface area is 146 Å². The van der Waals surface area contributed by atoms with Crippen LogP contribution >= 0.6 is 0 Å². The molecule has 1 atom stereocenters. The highest BCUT2D eigenvalue weighted by molar-refractivity contribution is 5.34. The maximum atomic E-state index is 6.19. The van der Waals surface area contributed by atoms with Crippen molar-refractivity contribution in [3.63, 3.8) is 0 Å². The lowest BCUT2D eigenvalue weighted by Crippen LogP contribution is -2.36. The van der Waals surface area contributed by atoms with Crippen LogP contribution in [-0.4, -0.2) is 24.5 Å². The van der Waals surface area contributed by atoms with Crippen LogP contribution in [0.15, 0.2) is 48.5 Å². The Kier molecular flexibility index (Phi) is 5.70. The number of nitrogens with two attached hydrogens (primary N) is 1. The summed E-state index contributed by atoms with van der Waals surface area (Å²) >= 11 is 0. The molecule has 0 amide bonds. The first-order valence-electron chi connectivity index (χ1n) is 9.21. The van der Waals surface area contributed by atoms with Gasteiger partial charge in [0.2, 0.25) is 0 Å². The van der Waals surface area contributed by atoms with Crippen molar-refractivity contribution in [3.8, 4) is 0 Å². The van der Waals surface area contributed by atoms with E-state index < -0.39 is 0 Å². The van der Waals surface area contributed by atoms with Gasteiger partial charge in [0.1, 0.15) is 0 Å². The Balaban J connectivity index is 1.62. The summed E-state index contributed by atoms with van der Waals surface area (Å²) < 4.78 is 0. The fourth-order valence-electron chi connectivity index (χ4n) is 4.17. The molecule has 1 aliphatic rings. The number of hydrogen-bond donors (Lipinski definition) is 1. The monoisotopic (exact) mass is 322 g/mol. The van der Waals surface area contributed by atoms with Gasteiger partial charge in [-0.3, -0.25) is 4.90 Å². The highest BCUT2D eigenvalue weighted by atomic mass is 15.1. The van der Waals surface area contributed by atoms with E-state index in [0.717, 1.165) is 13.1 Å². The standard InChI is InChI=1S/C22H30N2/c1-17-8-9-21(18(2)14-17)22(15-23)20-10-12-24(13-11-20)16-19-6-4-3-5-7-19/h3-9,14,20,22H,10-13,15-16,23H2,1-2H3. The summed E-state index contributed by atoms with van der Waals surface area (Å²) in [5.41, 5.74) is 11.8. The second-order valence-electron chi connectivity index (χ2n) is 7.30. The molecule has 0 bridgehead atoms. The molecule has 24 heavy (non-hydrogen) atoms. The first kappa shape index (κ1) is 17.2. The van der Waals surface area contributed by atoms with Crippen molar-refractivity contribution in [2.24, 2.45) is 11.7 Å². The minimum Gasteiger partial charge on any atom is -0.330 e. The van der Waals surface area contributed by atoms with Crippen LogP contribution in [0, 0.1) is 19.8 Å². The van der Waals surface area contributed by atoms with Crippen LogP contribution in [0.3, 0.4) is 0 Å². The lowest BCUT2D eigenvalue weighted by molar-refractivity contribution is 0.162. The quantitative estimate of drug-likeness (QED) is 0.891. The van der Waals surface area contributed by atoms with Gasteiger partial charge in [-0.05, 0) is 74.8 Å². The van der Waals surface area contributed by atoms with Crippen molar-refractivity contribution in [1.82, 2.24) is 4.90 Å². The number of likely N-dealkylation sites (tertiary alicyclic amines) is 1. The van der Waals surface area contributed by atoms with E-state index in [0.29, 0.717) is 11.8 Å². The highest BCUT2D eigenvalue weighted by Gasteiger charge is 2.27. The van der Waals surface area contributed by atoms with Crippen LogP contribution in [0.25, 0.3) is 0 Å². The summed E-state index contributed by atoms with van der Waals surface area (Å²) in [6.45, 7) is 8.59. The van der Waals surface area contributed by atoms with E-state index in [4.69, 9.17) is 5.73 Å². The molecule has 2 N–H and O–H groups in total. The molecule has 2 heteroatoms. The van der Waals surface area contributed by atoms with Gasteiger partial charge in [0.05, 0.1) is 0 Å². The lowest BCUT2D eigenvalue weighted by atomic mass is 9.78. The van der Waals surface area contributed by atoms with Gasteiger partial charge >= 0.3 is 0 Å². The van der Waals surface area contributed by atoms with Crippen LogP contribution in [0.1, 0.15) is 41.0 Å². The molecule has 1 fully saturated rings. The zero-order chi connectivity index (χ0) is 16.9. The minimum atomic E-state index is 0.504. The largest absolute Gasteiger partial charge is 0.330 e. The van der Waals surface area contributed by atoms with Crippen LogP contribution in [0.4, 0.5) is 0 Å². The van der Waals surface area contributed by atoms with Crippen LogP contribution < -0.4 is 5.73 Å². The first-order valence-corrected chi connectivity index (χ1v) is 9.21. The molecule has 0 saturated carbocycles. The molecule has 1 heterocycles. The Hall–Kier alpha value is -1.64. The van der Waals surface area contributed by atoms with E-state index in [1.54, 1.807) is 0 Å². The van der Waals surface area contributed by atoms with E-state index >= 15 is 0 Å². The van der Waals surface area contributed by atoms with Crippen LogP contribution in [0.2, 0.25) is 0 Å². The molecular weight excluding hydrogens is 292 g/mol. The van der Waals surface area contributed by atoms with Crippen molar-refractivity contribution < 1.29 is 0 Å². The molecule has 0 radical (unpaired) electrons. The third kappa shape index (κ3) is 4.06. The van der Waals surface area contributed by atoms with E-state index in [1.807, 2.05) is 0 Å². The Morgan fingerprint density at radius 3 is 2.38 bits per heavy atom. The van der Waals surface area contributed by atoms with Gasteiger partial charge in [-0.2, -0.15) is 0 Å². The lowest BCUT2D eigenvalue weighted by Gasteiger charge is -2.36. The zero-order valence-electron chi connectivity index (χ0n) is 15.0. The normalized spacial score (nSPS) is 17.8. The smallest absolute Gasteiger partial charge is 0.0233 e. The van der Waals surface area contributed by atoms with Crippen LogP contribution in [0.5, 0.6) is 0 Å². The van der Waals surface area contributed by atoms with E-state index in [9.17, 15) is 0 Å². The van der Waals surface area contributed by atoms with Crippen molar-refractivity contribution in [2.45, 2.75) is 39.2 Å². The zero-order valence-corrected chi connectivity index (χ0v) is 15.0. The number of rotatable bonds is 5. The van der Waals surface area contributed by atoms with Crippen LogP contribution in [-0.2, 0) is 6.54 Å². The average molecular weight is 322 g/mol. The van der Waals surface area contributed by atoms with E-state index in [-0.39, 0.29) is 0 Å². The van der Waals surface area contributed by atoms with Gasteiger partial charge in [-0.15, -0.1) is 0 Å². The molecule has 2 aromatic rings. The molecular formula is C22H30N2. The van der Waals surface area contributed by atoms with Gasteiger partial charge in [-0.1, -0.05) is 54.1 Å². The summed E-state index contributed by atoms with van der Waals surface area (Å²) in [5.74, 6) is 1.22. The van der Waals surface area contributed by atoms with Crippen molar-refractivity contribution in [3.05, 3.63) is 70.8 Å². The average Bonchev–Trinajstić information content (AvgIpc) is 2.60. The molecule has 2 aromatic carbocycles. The van der Waals surface area contributed by atoms with Crippen molar-refractivity contribution in [1.29, 1.82) is 0 Å². The molecule has 0 spiro atoms. The SMILES string of the molecule is Cc1ccc(C(CN)C2CCN(Cc3ccccc3)CC2)c(C)c1. The molecule has 0 aromatic heterocycles. The molecule has 2 nitrogen and oxygen atoms in total. The second kappa shape index (κ2) is 7.96. The summed E-state index contributed by atoms with van der Waals surface area (Å²) in [7, 11) is 0. The van der Waals surface area contributed by atoms with Gasteiger partial charge in [-0.25, -0.2) is 0 Å². The second-order valence-corrected chi connectivity index (χ2v) is 7.30. The van der Waals surface area contributed by atoms with Gasteiger partial charge in [0, 0.05) is 6.54 Å². The molecule has 0 aliphatic carbocycles. The Morgan fingerprint density at radius 2 is 1.75 bits per heavy atom. The molecule has 1 aliphatic heterocycles.